The first-order chi connectivity index (χ1) is 16.7. The van der Waals surface area contributed by atoms with E-state index in [0.29, 0.717) is 5.92 Å². The van der Waals surface area contributed by atoms with Crippen molar-refractivity contribution in [1.29, 1.82) is 0 Å². The van der Waals surface area contributed by atoms with Crippen LogP contribution in [0, 0.1) is 19.8 Å². The maximum absolute atomic E-state index is 4.50. The Morgan fingerprint density at radius 3 is 2.37 bits per heavy atom. The van der Waals surface area contributed by atoms with E-state index >= 15 is 0 Å². The number of hydrogen-bond donors (Lipinski definition) is 0. The van der Waals surface area contributed by atoms with Gasteiger partial charge in [-0.1, -0.05) is 87.7 Å². The minimum Gasteiger partial charge on any atom is -0.136 e. The summed E-state index contributed by atoms with van der Waals surface area (Å²) in [5, 5.41) is 1.26. The fourth-order valence-corrected chi connectivity index (χ4v) is 5.39. The topological polar surface area (TPSA) is 0 Å². The van der Waals surface area contributed by atoms with Crippen molar-refractivity contribution in [3.8, 4) is 11.1 Å². The Balaban J connectivity index is 0.00000456. The molecule has 1 aromatic heterocycles. The van der Waals surface area contributed by atoms with Gasteiger partial charge in [0.15, 0.2) is 0 Å². The Kier molecular flexibility index (Phi) is 9.29. The minimum absolute atomic E-state index is 0. The van der Waals surface area contributed by atoms with E-state index in [1.807, 2.05) is 0 Å². The van der Waals surface area contributed by atoms with Gasteiger partial charge in [0.1, 0.15) is 0 Å². The smallest absolute Gasteiger partial charge is 0.0308 e. The zero-order valence-electron chi connectivity index (χ0n) is 22.2. The monoisotopic (exact) mass is 482 g/mol. The summed E-state index contributed by atoms with van der Waals surface area (Å²) < 4.78 is 1.13. The van der Waals surface area contributed by atoms with Crippen LogP contribution in [0.4, 0.5) is 0 Å². The van der Waals surface area contributed by atoms with Crippen molar-refractivity contribution in [2.24, 2.45) is 5.92 Å². The third-order valence-electron chi connectivity index (χ3n) is 6.56. The Labute approximate surface area is 218 Å². The number of benzene rings is 2. The normalized spacial score (nSPS) is 12.4. The van der Waals surface area contributed by atoms with Crippen molar-refractivity contribution < 1.29 is 1.43 Å². The summed E-state index contributed by atoms with van der Waals surface area (Å²) in [4.78, 5) is 1.27. The summed E-state index contributed by atoms with van der Waals surface area (Å²) >= 11 is 1.77. The maximum Gasteiger partial charge on any atom is 0.0308 e. The molecule has 0 unspecified atom stereocenters. The first-order valence-electron chi connectivity index (χ1n) is 12.7. The van der Waals surface area contributed by atoms with E-state index in [4.69, 9.17) is 0 Å². The fraction of sp³-hybridized carbons (Fsp3) is 0.294. The molecule has 0 atom stereocenters. The van der Waals surface area contributed by atoms with E-state index in [2.05, 4.69) is 115 Å². The highest BCUT2D eigenvalue weighted by atomic mass is 32.1. The second kappa shape index (κ2) is 12.2. The summed E-state index contributed by atoms with van der Waals surface area (Å²) in [7, 11) is 0. The molecule has 0 fully saturated rings. The number of hydrogen-bond acceptors (Lipinski definition) is 1. The Bertz CT molecular complexity index is 1350. The molecule has 0 aliphatic rings. The molecule has 0 aliphatic heterocycles. The molecule has 0 spiro atoms. The van der Waals surface area contributed by atoms with Crippen LogP contribution >= 0.6 is 11.3 Å². The molecule has 0 bridgehead atoms. The molecule has 184 valence electrons. The molecule has 2 aromatic carbocycles. The predicted octanol–water partition coefficient (Wildman–Crippen LogP) is 9.36. The third-order valence-corrected chi connectivity index (χ3v) is 7.65. The zero-order valence-corrected chi connectivity index (χ0v) is 23.0. The maximum atomic E-state index is 4.50. The Morgan fingerprint density at radius 1 is 0.943 bits per heavy atom. The molecular weight excluding hydrogens is 440 g/mol. The van der Waals surface area contributed by atoms with Crippen LogP contribution in [-0.4, -0.2) is 0 Å². The van der Waals surface area contributed by atoms with Gasteiger partial charge in [0, 0.05) is 10.8 Å². The van der Waals surface area contributed by atoms with Crippen molar-refractivity contribution in [2.75, 3.05) is 0 Å². The van der Waals surface area contributed by atoms with Crippen molar-refractivity contribution >= 4 is 34.6 Å². The molecule has 1 heteroatoms. The largest absolute Gasteiger partial charge is 0.136 e. The summed E-state index contributed by atoms with van der Waals surface area (Å²) in [6.07, 6.45) is 8.44. The lowest BCUT2D eigenvalue weighted by atomic mass is 9.92. The van der Waals surface area contributed by atoms with Crippen LogP contribution in [0.1, 0.15) is 69.4 Å². The molecule has 0 aliphatic carbocycles. The minimum atomic E-state index is 0. The first-order valence-corrected chi connectivity index (χ1v) is 13.5. The zero-order chi connectivity index (χ0) is 25.5. The Hall–Kier alpha value is -2.90. The summed E-state index contributed by atoms with van der Waals surface area (Å²) in [6.45, 7) is 24.2. The van der Waals surface area contributed by atoms with E-state index in [1.54, 1.807) is 11.3 Å². The summed E-state index contributed by atoms with van der Waals surface area (Å²) in [5.41, 5.74) is 10.0. The second-order valence-electron chi connectivity index (χ2n) is 10.0. The highest BCUT2D eigenvalue weighted by molar-refractivity contribution is 7.10. The lowest BCUT2D eigenvalue weighted by molar-refractivity contribution is 0.599. The van der Waals surface area contributed by atoms with Crippen LogP contribution in [0.2, 0.25) is 0 Å². The SMILES string of the molecule is C=C(CCC(C)C)c1c/c(=C(/C=C\C)CCC(=C)c2cc(-c3cccc(C)c3)ccc2C)c(=C)s1.[HH]. The van der Waals surface area contributed by atoms with Gasteiger partial charge in [-0.25, -0.2) is 0 Å². The van der Waals surface area contributed by atoms with Crippen LogP contribution < -0.4 is 9.75 Å². The quantitative estimate of drug-likeness (QED) is 0.270. The summed E-state index contributed by atoms with van der Waals surface area (Å²) in [6, 6.07) is 17.7. The van der Waals surface area contributed by atoms with E-state index in [0.717, 1.165) is 23.8 Å². The highest BCUT2D eigenvalue weighted by Gasteiger charge is 2.10. The van der Waals surface area contributed by atoms with E-state index < -0.39 is 0 Å². The molecule has 3 rings (SSSR count). The van der Waals surface area contributed by atoms with Gasteiger partial charge in [-0.15, -0.1) is 11.3 Å². The standard InChI is InChI=1S/C34H40S.H2/c1-9-11-29(33-22-34(35-28(33)8)27(7)15-14-23(2)3)18-16-25(5)32-21-31(19-17-26(32)6)30-13-10-12-24(4)20-30;/h9-13,17,19-23H,5,7-8,14-16,18H2,1-4,6H3;1H/b11-9-,33-29+;. The van der Waals surface area contributed by atoms with Crippen molar-refractivity contribution in [3.05, 3.63) is 105 Å². The van der Waals surface area contributed by atoms with Crippen LogP contribution in [0.15, 0.2) is 73.8 Å². The number of aryl methyl sites for hydroxylation is 2. The average Bonchev–Trinajstić information content (AvgIpc) is 3.21. The van der Waals surface area contributed by atoms with Gasteiger partial charge in [-0.3, -0.25) is 0 Å². The van der Waals surface area contributed by atoms with Gasteiger partial charge in [0.25, 0.3) is 0 Å². The van der Waals surface area contributed by atoms with E-state index in [9.17, 15) is 0 Å². The third kappa shape index (κ3) is 7.05. The van der Waals surface area contributed by atoms with Crippen LogP contribution in [-0.2, 0) is 0 Å². The van der Waals surface area contributed by atoms with E-state index in [1.165, 1.54) is 61.1 Å². The molecule has 0 nitrogen and oxygen atoms in total. The fourth-order valence-electron chi connectivity index (χ4n) is 4.40. The predicted molar refractivity (Wildman–Crippen MR) is 162 cm³/mol. The number of rotatable bonds is 10. The van der Waals surface area contributed by atoms with E-state index in [-0.39, 0.29) is 1.43 Å². The van der Waals surface area contributed by atoms with Gasteiger partial charge in [0.05, 0.1) is 0 Å². The van der Waals surface area contributed by atoms with Crippen molar-refractivity contribution in [1.82, 2.24) is 0 Å². The molecule has 0 radical (unpaired) electrons. The molecule has 3 aromatic rings. The lowest BCUT2D eigenvalue weighted by Gasteiger charge is -2.13. The van der Waals surface area contributed by atoms with Gasteiger partial charge >= 0.3 is 0 Å². The first kappa shape index (κ1) is 26.7. The second-order valence-corrected chi connectivity index (χ2v) is 11.1. The Morgan fingerprint density at radius 2 is 1.69 bits per heavy atom. The number of allylic oxidation sites excluding steroid dienone is 4. The van der Waals surface area contributed by atoms with Crippen LogP contribution in [0.5, 0.6) is 0 Å². The van der Waals surface area contributed by atoms with Crippen molar-refractivity contribution in [2.45, 2.75) is 60.3 Å². The van der Waals surface area contributed by atoms with Crippen molar-refractivity contribution in [3.63, 3.8) is 0 Å². The molecule has 0 saturated carbocycles. The molecule has 1 heterocycles. The average molecular weight is 483 g/mol. The van der Waals surface area contributed by atoms with Crippen LogP contribution in [0.3, 0.4) is 0 Å². The van der Waals surface area contributed by atoms with Gasteiger partial charge in [0.2, 0.25) is 0 Å². The van der Waals surface area contributed by atoms with Crippen LogP contribution in [0.25, 0.3) is 34.4 Å². The van der Waals surface area contributed by atoms with Gasteiger partial charge < -0.3 is 0 Å². The van der Waals surface area contributed by atoms with Gasteiger partial charge in [-0.2, -0.15) is 0 Å². The summed E-state index contributed by atoms with van der Waals surface area (Å²) in [5.74, 6) is 0.689. The number of thiophene rings is 1. The molecule has 0 saturated heterocycles. The highest BCUT2D eigenvalue weighted by Crippen LogP contribution is 2.30. The molecule has 0 amide bonds. The lowest BCUT2D eigenvalue weighted by Crippen LogP contribution is -2.19. The molecule has 0 N–H and O–H groups in total. The molecular formula is C34H42S. The van der Waals surface area contributed by atoms with Gasteiger partial charge in [-0.05, 0) is 109 Å². The molecule has 35 heavy (non-hydrogen) atoms.